The van der Waals surface area contributed by atoms with Crippen LogP contribution in [0.1, 0.15) is 20.8 Å². The number of ether oxygens (including phenoxy) is 1. The van der Waals surface area contributed by atoms with Crippen molar-refractivity contribution >= 4 is 0 Å². The first kappa shape index (κ1) is 9.92. The van der Waals surface area contributed by atoms with Crippen LogP contribution in [0.4, 0.5) is 0 Å². The van der Waals surface area contributed by atoms with E-state index in [2.05, 4.69) is 26.1 Å². The molecule has 0 unspecified atom stereocenters. The second-order valence-electron chi connectivity index (χ2n) is 2.82. The van der Waals surface area contributed by atoms with Crippen LogP contribution in [0.5, 0.6) is 0 Å². The van der Waals surface area contributed by atoms with E-state index < -0.39 is 0 Å². The Morgan fingerprint density at radius 2 is 2.10 bits per heavy atom. The van der Waals surface area contributed by atoms with Gasteiger partial charge < -0.3 is 10.1 Å². The molecule has 0 saturated heterocycles. The normalized spacial score (nSPS) is 10.8. The van der Waals surface area contributed by atoms with E-state index in [1.807, 2.05) is 0 Å². The molecule has 0 aliphatic rings. The van der Waals surface area contributed by atoms with Gasteiger partial charge in [-0.15, -0.1) is 0 Å². The monoisotopic (exact) mass is 145 g/mol. The van der Waals surface area contributed by atoms with E-state index in [1.54, 1.807) is 0 Å². The third-order valence-electron chi connectivity index (χ3n) is 1.12. The topological polar surface area (TPSA) is 21.3 Å². The predicted molar refractivity (Wildman–Crippen MR) is 44.2 cm³/mol. The molecule has 0 aliphatic heterocycles. The van der Waals surface area contributed by atoms with Gasteiger partial charge in [0.25, 0.3) is 0 Å². The first-order valence-corrected chi connectivity index (χ1v) is 4.05. The zero-order chi connectivity index (χ0) is 7.82. The quantitative estimate of drug-likeness (QED) is 0.568. The van der Waals surface area contributed by atoms with Crippen LogP contribution in [0.2, 0.25) is 0 Å². The first-order valence-electron chi connectivity index (χ1n) is 4.05. The van der Waals surface area contributed by atoms with Crippen molar-refractivity contribution in [2.24, 2.45) is 5.92 Å². The lowest BCUT2D eigenvalue weighted by Crippen LogP contribution is -2.19. The summed E-state index contributed by atoms with van der Waals surface area (Å²) in [6.07, 6.45) is 0. The van der Waals surface area contributed by atoms with Gasteiger partial charge in [-0.25, -0.2) is 0 Å². The molecule has 0 atom stereocenters. The molecule has 0 aliphatic carbocycles. The standard InChI is InChI=1S/C8H19NO/c1-4-9-5-6-10-7-8(2)3/h8-9H,4-7H2,1-3H3. The second-order valence-corrected chi connectivity index (χ2v) is 2.82. The largest absolute Gasteiger partial charge is 0.380 e. The minimum atomic E-state index is 0.654. The van der Waals surface area contributed by atoms with Crippen molar-refractivity contribution in [1.29, 1.82) is 0 Å². The smallest absolute Gasteiger partial charge is 0.0591 e. The van der Waals surface area contributed by atoms with Gasteiger partial charge in [0.05, 0.1) is 6.61 Å². The van der Waals surface area contributed by atoms with Crippen LogP contribution in [0.25, 0.3) is 0 Å². The van der Waals surface area contributed by atoms with Crippen LogP contribution in [0.3, 0.4) is 0 Å². The van der Waals surface area contributed by atoms with Crippen molar-refractivity contribution in [3.8, 4) is 0 Å². The first-order chi connectivity index (χ1) is 4.77. The molecular weight excluding hydrogens is 126 g/mol. The molecule has 0 spiro atoms. The molecule has 1 N–H and O–H groups in total. The van der Waals surface area contributed by atoms with E-state index in [4.69, 9.17) is 4.74 Å². The van der Waals surface area contributed by atoms with Crippen LogP contribution < -0.4 is 5.32 Å². The summed E-state index contributed by atoms with van der Waals surface area (Å²) >= 11 is 0. The SMILES string of the molecule is CCNCCOCC(C)C. The maximum atomic E-state index is 5.33. The van der Waals surface area contributed by atoms with Crippen LogP contribution in [-0.2, 0) is 4.74 Å². The number of likely N-dealkylation sites (N-methyl/N-ethyl adjacent to an activating group) is 1. The third kappa shape index (κ3) is 7.92. The molecule has 0 saturated carbocycles. The number of nitrogens with one attached hydrogen (secondary N) is 1. The van der Waals surface area contributed by atoms with E-state index in [0.717, 1.165) is 26.3 Å². The van der Waals surface area contributed by atoms with Gasteiger partial charge >= 0.3 is 0 Å². The highest BCUT2D eigenvalue weighted by Gasteiger charge is 1.91. The fourth-order valence-electron chi connectivity index (χ4n) is 0.640. The van der Waals surface area contributed by atoms with Gasteiger partial charge in [0.2, 0.25) is 0 Å². The van der Waals surface area contributed by atoms with Crippen LogP contribution in [0.15, 0.2) is 0 Å². The van der Waals surface area contributed by atoms with Crippen LogP contribution in [-0.4, -0.2) is 26.3 Å². The van der Waals surface area contributed by atoms with Gasteiger partial charge in [0, 0.05) is 13.2 Å². The fraction of sp³-hybridized carbons (Fsp3) is 1.00. The summed E-state index contributed by atoms with van der Waals surface area (Å²) in [5.41, 5.74) is 0. The summed E-state index contributed by atoms with van der Waals surface area (Å²) in [5, 5.41) is 3.20. The van der Waals surface area contributed by atoms with Crippen LogP contribution in [0, 0.1) is 5.92 Å². The van der Waals surface area contributed by atoms with E-state index in [9.17, 15) is 0 Å². The van der Waals surface area contributed by atoms with E-state index in [0.29, 0.717) is 5.92 Å². The number of rotatable bonds is 6. The highest BCUT2D eigenvalue weighted by molar-refractivity contribution is 4.42. The summed E-state index contributed by atoms with van der Waals surface area (Å²) < 4.78 is 5.33. The van der Waals surface area contributed by atoms with Gasteiger partial charge in [0.15, 0.2) is 0 Å². The van der Waals surface area contributed by atoms with Gasteiger partial charge in [-0.3, -0.25) is 0 Å². The maximum Gasteiger partial charge on any atom is 0.0591 e. The van der Waals surface area contributed by atoms with Crippen molar-refractivity contribution in [2.75, 3.05) is 26.3 Å². The molecule has 2 nitrogen and oxygen atoms in total. The Labute approximate surface area is 64.0 Å². The molecule has 0 rings (SSSR count). The molecule has 0 radical (unpaired) electrons. The predicted octanol–water partition coefficient (Wildman–Crippen LogP) is 1.27. The van der Waals surface area contributed by atoms with E-state index >= 15 is 0 Å². The highest BCUT2D eigenvalue weighted by Crippen LogP contribution is 1.90. The molecule has 10 heavy (non-hydrogen) atoms. The molecule has 0 aromatic carbocycles. The molecule has 62 valence electrons. The van der Waals surface area contributed by atoms with Crippen LogP contribution >= 0.6 is 0 Å². The van der Waals surface area contributed by atoms with Gasteiger partial charge in [-0.1, -0.05) is 20.8 Å². The molecule has 0 aromatic rings. The third-order valence-corrected chi connectivity index (χ3v) is 1.12. The zero-order valence-corrected chi connectivity index (χ0v) is 7.31. The Kier molecular flexibility index (Phi) is 6.98. The van der Waals surface area contributed by atoms with Crippen molar-refractivity contribution in [3.63, 3.8) is 0 Å². The van der Waals surface area contributed by atoms with Crippen molar-refractivity contribution in [3.05, 3.63) is 0 Å². The lowest BCUT2D eigenvalue weighted by atomic mass is 10.2. The summed E-state index contributed by atoms with van der Waals surface area (Å²) in [4.78, 5) is 0. The van der Waals surface area contributed by atoms with Crippen molar-refractivity contribution in [1.82, 2.24) is 5.32 Å². The molecule has 0 aromatic heterocycles. The number of hydrogen-bond acceptors (Lipinski definition) is 2. The van der Waals surface area contributed by atoms with Gasteiger partial charge in [0.1, 0.15) is 0 Å². The summed E-state index contributed by atoms with van der Waals surface area (Å²) in [6, 6.07) is 0. The van der Waals surface area contributed by atoms with E-state index in [1.165, 1.54) is 0 Å². The Bertz CT molecular complexity index is 64.3. The molecule has 0 fully saturated rings. The Morgan fingerprint density at radius 1 is 1.40 bits per heavy atom. The van der Waals surface area contributed by atoms with Gasteiger partial charge in [-0.05, 0) is 12.5 Å². The Morgan fingerprint density at radius 3 is 2.60 bits per heavy atom. The van der Waals surface area contributed by atoms with E-state index in [-0.39, 0.29) is 0 Å². The molecule has 0 bridgehead atoms. The molecule has 2 heteroatoms. The Balaban J connectivity index is 2.77. The minimum absolute atomic E-state index is 0.654. The molecular formula is C8H19NO. The second kappa shape index (κ2) is 7.03. The van der Waals surface area contributed by atoms with Crippen molar-refractivity contribution < 1.29 is 4.74 Å². The minimum Gasteiger partial charge on any atom is -0.380 e. The summed E-state index contributed by atoms with van der Waals surface area (Å²) in [6.45, 7) is 10.1. The fourth-order valence-corrected chi connectivity index (χ4v) is 0.640. The molecule has 0 amide bonds. The maximum absolute atomic E-state index is 5.33. The average Bonchev–Trinajstić information content (AvgIpc) is 1.87. The van der Waals surface area contributed by atoms with Crippen molar-refractivity contribution in [2.45, 2.75) is 20.8 Å². The average molecular weight is 145 g/mol. The highest BCUT2D eigenvalue weighted by atomic mass is 16.5. The summed E-state index contributed by atoms with van der Waals surface area (Å²) in [5.74, 6) is 0.654. The summed E-state index contributed by atoms with van der Waals surface area (Å²) in [7, 11) is 0. The molecule has 0 heterocycles. The lowest BCUT2D eigenvalue weighted by Gasteiger charge is -2.06. The zero-order valence-electron chi connectivity index (χ0n) is 7.31. The van der Waals surface area contributed by atoms with Gasteiger partial charge in [-0.2, -0.15) is 0 Å². The number of hydrogen-bond donors (Lipinski definition) is 1. The lowest BCUT2D eigenvalue weighted by molar-refractivity contribution is 0.112. The Hall–Kier alpha value is -0.0800.